The van der Waals surface area contributed by atoms with Gasteiger partial charge in [-0.15, -0.1) is 0 Å². The molecule has 106 valence electrons. The molecule has 0 amide bonds. The van der Waals surface area contributed by atoms with Gasteiger partial charge in [-0.3, -0.25) is 4.98 Å². The summed E-state index contributed by atoms with van der Waals surface area (Å²) in [5, 5.41) is 13.9. The molecule has 6 nitrogen and oxygen atoms in total. The second-order valence-corrected chi connectivity index (χ2v) is 4.99. The minimum absolute atomic E-state index is 0.00429. The van der Waals surface area contributed by atoms with Crippen LogP contribution < -0.4 is 4.74 Å². The fourth-order valence-electron chi connectivity index (χ4n) is 1.80. The second kappa shape index (κ2) is 5.53. The van der Waals surface area contributed by atoms with Gasteiger partial charge in [-0.25, -0.2) is 0 Å². The van der Waals surface area contributed by atoms with E-state index < -0.39 is 0 Å². The highest BCUT2D eigenvalue weighted by atomic mass is 79.9. The minimum atomic E-state index is 0.00429. The number of aromatic hydroxyl groups is 1. The van der Waals surface area contributed by atoms with Gasteiger partial charge in [-0.05, 0) is 40.2 Å². The zero-order valence-corrected chi connectivity index (χ0v) is 12.5. The van der Waals surface area contributed by atoms with Crippen molar-refractivity contribution in [1.29, 1.82) is 0 Å². The van der Waals surface area contributed by atoms with Gasteiger partial charge in [0.1, 0.15) is 17.2 Å². The fraction of sp³-hybridized carbons (Fsp3) is 0.0714. The predicted octanol–water partition coefficient (Wildman–Crippen LogP) is 3.28. The number of hydrogen-bond acceptors (Lipinski definition) is 6. The maximum atomic E-state index is 9.98. The first kappa shape index (κ1) is 13.6. The van der Waals surface area contributed by atoms with Crippen molar-refractivity contribution in [2.45, 2.75) is 0 Å². The number of pyridine rings is 1. The van der Waals surface area contributed by atoms with Gasteiger partial charge in [-0.2, -0.15) is 4.98 Å². The van der Waals surface area contributed by atoms with E-state index in [1.54, 1.807) is 24.4 Å². The van der Waals surface area contributed by atoms with Crippen molar-refractivity contribution in [2.24, 2.45) is 0 Å². The summed E-state index contributed by atoms with van der Waals surface area (Å²) in [4.78, 5) is 8.45. The van der Waals surface area contributed by atoms with E-state index in [-0.39, 0.29) is 11.6 Å². The Kier molecular flexibility index (Phi) is 3.57. The Bertz CT molecular complexity index is 789. The van der Waals surface area contributed by atoms with Crippen LogP contribution in [0.25, 0.3) is 23.0 Å². The molecule has 1 N–H and O–H groups in total. The maximum absolute atomic E-state index is 9.98. The van der Waals surface area contributed by atoms with Gasteiger partial charge in [0.05, 0.1) is 12.7 Å². The van der Waals surface area contributed by atoms with E-state index in [1.807, 2.05) is 6.07 Å². The molecule has 2 aromatic heterocycles. The van der Waals surface area contributed by atoms with Crippen LogP contribution in [0.15, 0.2) is 45.5 Å². The van der Waals surface area contributed by atoms with E-state index >= 15 is 0 Å². The smallest absolute Gasteiger partial charge is 0.262 e. The Morgan fingerprint density at radius 1 is 1.29 bits per heavy atom. The summed E-state index contributed by atoms with van der Waals surface area (Å²) in [6.45, 7) is 0. The van der Waals surface area contributed by atoms with Crippen LogP contribution in [0.3, 0.4) is 0 Å². The number of benzene rings is 1. The third-order valence-corrected chi connectivity index (χ3v) is 3.47. The van der Waals surface area contributed by atoms with Crippen LogP contribution in [0.1, 0.15) is 0 Å². The van der Waals surface area contributed by atoms with Gasteiger partial charge >= 0.3 is 0 Å². The summed E-state index contributed by atoms with van der Waals surface area (Å²) in [6, 6.07) is 8.47. The van der Waals surface area contributed by atoms with Crippen molar-refractivity contribution in [3.05, 3.63) is 41.0 Å². The fourth-order valence-corrected chi connectivity index (χ4v) is 2.23. The van der Waals surface area contributed by atoms with E-state index in [9.17, 15) is 5.11 Å². The summed E-state index contributed by atoms with van der Waals surface area (Å²) in [5.74, 6) is 1.10. The van der Waals surface area contributed by atoms with Crippen LogP contribution in [-0.2, 0) is 0 Å². The molecule has 3 rings (SSSR count). The van der Waals surface area contributed by atoms with Gasteiger partial charge < -0.3 is 14.4 Å². The SMILES string of the molecule is COc1ccc(-c2nc(-c3ncccc3Br)no2)c(O)c1. The van der Waals surface area contributed by atoms with Gasteiger partial charge in [0.15, 0.2) is 0 Å². The number of halogens is 1. The maximum Gasteiger partial charge on any atom is 0.262 e. The molecule has 7 heteroatoms. The van der Waals surface area contributed by atoms with Crippen molar-refractivity contribution in [3.63, 3.8) is 0 Å². The van der Waals surface area contributed by atoms with Crippen molar-refractivity contribution < 1.29 is 14.4 Å². The number of aromatic nitrogens is 3. The molecular formula is C14H10BrN3O3. The number of hydrogen-bond donors (Lipinski definition) is 1. The second-order valence-electron chi connectivity index (χ2n) is 4.14. The predicted molar refractivity (Wildman–Crippen MR) is 78.9 cm³/mol. The topological polar surface area (TPSA) is 81.3 Å². The van der Waals surface area contributed by atoms with E-state index in [2.05, 4.69) is 31.1 Å². The normalized spacial score (nSPS) is 10.6. The number of phenols is 1. The molecule has 21 heavy (non-hydrogen) atoms. The van der Waals surface area contributed by atoms with Crippen LogP contribution in [0.2, 0.25) is 0 Å². The molecule has 0 aliphatic rings. The van der Waals surface area contributed by atoms with Gasteiger partial charge in [0, 0.05) is 16.7 Å². The Hall–Kier alpha value is -2.41. The zero-order chi connectivity index (χ0) is 14.8. The summed E-state index contributed by atoms with van der Waals surface area (Å²) in [6.07, 6.45) is 1.64. The number of rotatable bonds is 3. The molecule has 0 atom stereocenters. The molecule has 2 heterocycles. The number of phenolic OH excluding ortho intramolecular Hbond substituents is 1. The zero-order valence-electron chi connectivity index (χ0n) is 10.9. The first-order valence-corrected chi connectivity index (χ1v) is 6.80. The number of nitrogens with zero attached hydrogens (tertiary/aromatic N) is 3. The number of methoxy groups -OCH3 is 1. The molecule has 0 aliphatic heterocycles. The lowest BCUT2D eigenvalue weighted by Gasteiger charge is -2.02. The summed E-state index contributed by atoms with van der Waals surface area (Å²) in [5.41, 5.74) is 1.00. The molecule has 3 aromatic rings. The third-order valence-electron chi connectivity index (χ3n) is 2.83. The van der Waals surface area contributed by atoms with Crippen molar-refractivity contribution >= 4 is 15.9 Å². The Morgan fingerprint density at radius 3 is 2.86 bits per heavy atom. The van der Waals surface area contributed by atoms with E-state index in [0.717, 1.165) is 4.47 Å². The van der Waals surface area contributed by atoms with E-state index in [0.29, 0.717) is 22.8 Å². The molecule has 0 bridgehead atoms. The molecule has 0 saturated heterocycles. The molecule has 0 fully saturated rings. The molecule has 0 spiro atoms. The largest absolute Gasteiger partial charge is 0.507 e. The molecular weight excluding hydrogens is 338 g/mol. The number of ether oxygens (including phenoxy) is 1. The molecule has 1 aromatic carbocycles. The lowest BCUT2D eigenvalue weighted by Crippen LogP contribution is -1.87. The quantitative estimate of drug-likeness (QED) is 0.782. The Balaban J connectivity index is 2.01. The lowest BCUT2D eigenvalue weighted by molar-refractivity contribution is 0.405. The molecule has 0 aliphatic carbocycles. The first-order chi connectivity index (χ1) is 10.2. The third kappa shape index (κ3) is 2.59. The van der Waals surface area contributed by atoms with Crippen LogP contribution in [0.5, 0.6) is 11.5 Å². The van der Waals surface area contributed by atoms with Crippen molar-refractivity contribution in [3.8, 4) is 34.5 Å². The van der Waals surface area contributed by atoms with Gasteiger partial charge in [0.25, 0.3) is 5.89 Å². The van der Waals surface area contributed by atoms with Crippen LogP contribution in [-0.4, -0.2) is 27.3 Å². The van der Waals surface area contributed by atoms with Crippen molar-refractivity contribution in [1.82, 2.24) is 15.1 Å². The molecule has 0 radical (unpaired) electrons. The molecule has 0 saturated carbocycles. The average Bonchev–Trinajstić information content (AvgIpc) is 2.97. The highest BCUT2D eigenvalue weighted by Gasteiger charge is 2.16. The average molecular weight is 348 g/mol. The van der Waals surface area contributed by atoms with Crippen LogP contribution in [0.4, 0.5) is 0 Å². The van der Waals surface area contributed by atoms with Gasteiger partial charge in [0.2, 0.25) is 5.82 Å². The minimum Gasteiger partial charge on any atom is -0.507 e. The first-order valence-electron chi connectivity index (χ1n) is 6.01. The van der Waals surface area contributed by atoms with E-state index in [4.69, 9.17) is 9.26 Å². The standard InChI is InChI=1S/C14H10BrN3O3/c1-20-8-4-5-9(11(19)7-8)14-17-13(18-21-14)12-10(15)3-2-6-16-12/h2-7,19H,1H3. The highest BCUT2D eigenvalue weighted by Crippen LogP contribution is 2.33. The summed E-state index contributed by atoms with van der Waals surface area (Å²) < 4.78 is 11.0. The summed E-state index contributed by atoms with van der Waals surface area (Å²) in [7, 11) is 1.53. The van der Waals surface area contributed by atoms with Crippen LogP contribution >= 0.6 is 15.9 Å². The summed E-state index contributed by atoms with van der Waals surface area (Å²) >= 11 is 3.38. The highest BCUT2D eigenvalue weighted by molar-refractivity contribution is 9.10. The monoisotopic (exact) mass is 347 g/mol. The molecule has 0 unspecified atom stereocenters. The van der Waals surface area contributed by atoms with E-state index in [1.165, 1.54) is 13.2 Å². The van der Waals surface area contributed by atoms with Gasteiger partial charge in [-0.1, -0.05) is 5.16 Å². The van der Waals surface area contributed by atoms with Crippen molar-refractivity contribution in [2.75, 3.05) is 7.11 Å². The van der Waals surface area contributed by atoms with Crippen LogP contribution in [0, 0.1) is 0 Å². The lowest BCUT2D eigenvalue weighted by atomic mass is 10.2. The Morgan fingerprint density at radius 2 is 2.14 bits per heavy atom. The Labute approximate surface area is 128 Å².